The molecule has 0 saturated carbocycles. The van der Waals surface area contributed by atoms with Crippen molar-refractivity contribution in [3.63, 3.8) is 0 Å². The number of aromatic amines is 2. The number of nitrogens with zero attached hydrogens (tertiary/aromatic N) is 2. The Kier molecular flexibility index (Phi) is 5.70. The van der Waals surface area contributed by atoms with Gasteiger partial charge in [0.25, 0.3) is 11.1 Å². The van der Waals surface area contributed by atoms with Crippen LogP contribution in [0.15, 0.2) is 43.4 Å². The molecule has 3 aromatic rings. The van der Waals surface area contributed by atoms with Crippen LogP contribution in [0.1, 0.15) is 22.6 Å². The van der Waals surface area contributed by atoms with Crippen molar-refractivity contribution in [2.75, 3.05) is 24.7 Å². The number of hydrogen-bond donors (Lipinski definition) is 4. The summed E-state index contributed by atoms with van der Waals surface area (Å²) in [6.07, 6.45) is 0. The fourth-order valence-electron chi connectivity index (χ4n) is 3.34. The van der Waals surface area contributed by atoms with Gasteiger partial charge in [-0.1, -0.05) is 23.7 Å². The summed E-state index contributed by atoms with van der Waals surface area (Å²) >= 11 is 6.03. The highest BCUT2D eigenvalue weighted by atomic mass is 35.5. The molecule has 30 heavy (non-hydrogen) atoms. The highest BCUT2D eigenvalue weighted by Crippen LogP contribution is 2.34. The smallest absolute Gasteiger partial charge is 0.329 e. The van der Waals surface area contributed by atoms with Crippen molar-refractivity contribution in [3.05, 3.63) is 87.7 Å². The molecule has 0 spiro atoms. The zero-order chi connectivity index (χ0) is 22.2. The van der Waals surface area contributed by atoms with Gasteiger partial charge in [-0.2, -0.15) is 0 Å². The highest BCUT2D eigenvalue weighted by molar-refractivity contribution is 6.30. The number of anilines is 2. The first kappa shape index (κ1) is 21.2. The minimum absolute atomic E-state index is 0.141. The maximum absolute atomic E-state index is 13.2. The van der Waals surface area contributed by atoms with Gasteiger partial charge in [0.05, 0.1) is 17.0 Å². The first-order valence-corrected chi connectivity index (χ1v) is 9.36. The number of rotatable bonds is 5. The molecule has 0 bridgehead atoms. The first-order chi connectivity index (χ1) is 14.2. The number of halogens is 1. The third-order valence-electron chi connectivity index (χ3n) is 4.96. The largest absolute Gasteiger partial charge is 0.374 e. The molecule has 0 amide bonds. The van der Waals surface area contributed by atoms with E-state index in [9.17, 15) is 19.2 Å². The van der Waals surface area contributed by atoms with Gasteiger partial charge < -0.3 is 10.6 Å². The summed E-state index contributed by atoms with van der Waals surface area (Å²) in [4.78, 5) is 55.8. The topological polar surface area (TPSA) is 134 Å². The van der Waals surface area contributed by atoms with E-state index in [2.05, 4.69) is 20.6 Å². The van der Waals surface area contributed by atoms with E-state index in [-0.39, 0.29) is 22.8 Å². The second-order valence-electron chi connectivity index (χ2n) is 6.65. The van der Waals surface area contributed by atoms with Gasteiger partial charge in [-0.15, -0.1) is 0 Å². The normalized spacial score (nSPS) is 11.0. The lowest BCUT2D eigenvalue weighted by Gasteiger charge is -2.23. The number of nitrogens with one attached hydrogen (secondary N) is 4. The van der Waals surface area contributed by atoms with Gasteiger partial charge in [0.2, 0.25) is 0 Å². The minimum atomic E-state index is -0.918. The van der Waals surface area contributed by atoms with E-state index in [1.807, 2.05) is 0 Å². The van der Waals surface area contributed by atoms with Gasteiger partial charge in [-0.3, -0.25) is 28.7 Å². The Morgan fingerprint density at radius 1 is 0.800 bits per heavy atom. The second-order valence-corrected chi connectivity index (χ2v) is 7.09. The Hall–Kier alpha value is -3.53. The number of hydrogen-bond acceptors (Lipinski definition) is 6. The lowest BCUT2D eigenvalue weighted by molar-refractivity contribution is 0.723. The molecule has 1 aromatic carbocycles. The fraction of sp³-hybridized carbons (Fsp3) is 0.263. The Morgan fingerprint density at radius 2 is 1.20 bits per heavy atom. The SMILES string of the molecule is CNc1[nH]c(=O)n(C)c(=O)c1C(c1ccc(Cl)cc1)c1c(NC)[nH]c(=O)n(C)c1=O. The molecule has 2 aromatic heterocycles. The molecular formula is C19H21ClN6O4. The van der Waals surface area contributed by atoms with Gasteiger partial charge in [0.1, 0.15) is 11.6 Å². The maximum atomic E-state index is 13.2. The number of H-pyrrole nitrogens is 2. The summed E-state index contributed by atoms with van der Waals surface area (Å²) in [6.45, 7) is 0. The molecule has 0 fully saturated rings. The Balaban J connectivity index is 2.53. The van der Waals surface area contributed by atoms with Crippen LogP contribution in [0.2, 0.25) is 5.02 Å². The third-order valence-corrected chi connectivity index (χ3v) is 5.21. The Bertz CT molecular complexity index is 1250. The summed E-state index contributed by atoms with van der Waals surface area (Å²) < 4.78 is 1.85. The van der Waals surface area contributed by atoms with Gasteiger partial charge in [0.15, 0.2) is 0 Å². The molecule has 10 nitrogen and oxygen atoms in total. The molecule has 11 heteroatoms. The van der Waals surface area contributed by atoms with Crippen LogP contribution < -0.4 is 33.1 Å². The summed E-state index contributed by atoms with van der Waals surface area (Å²) in [5.74, 6) is -0.588. The summed E-state index contributed by atoms with van der Waals surface area (Å²) in [5, 5.41) is 6.12. The van der Waals surface area contributed by atoms with E-state index in [1.165, 1.54) is 14.1 Å². The van der Waals surface area contributed by atoms with E-state index in [0.717, 1.165) is 9.13 Å². The third kappa shape index (κ3) is 3.45. The average Bonchev–Trinajstić information content (AvgIpc) is 2.73. The van der Waals surface area contributed by atoms with Gasteiger partial charge in [0, 0.05) is 33.2 Å². The van der Waals surface area contributed by atoms with Crippen LogP contribution in [0, 0.1) is 0 Å². The Morgan fingerprint density at radius 3 is 1.57 bits per heavy atom. The lowest BCUT2D eigenvalue weighted by Crippen LogP contribution is -2.40. The van der Waals surface area contributed by atoms with Gasteiger partial charge in [-0.25, -0.2) is 9.59 Å². The average molecular weight is 433 g/mol. The van der Waals surface area contributed by atoms with Crippen molar-refractivity contribution in [3.8, 4) is 0 Å². The molecule has 4 N–H and O–H groups in total. The standard InChI is InChI=1S/C19H21ClN6O4/c1-21-14-12(16(27)25(3)18(29)23-14)11(9-5-7-10(20)8-6-9)13-15(22-2)24-19(30)26(4)17(13)28/h5-8,11,21-22H,1-4H3,(H,23,29)(H,24,30). The fourth-order valence-corrected chi connectivity index (χ4v) is 3.46. The molecule has 2 heterocycles. The number of aromatic nitrogens is 4. The van der Waals surface area contributed by atoms with E-state index in [4.69, 9.17) is 11.6 Å². The van der Waals surface area contributed by atoms with Crippen molar-refractivity contribution < 1.29 is 0 Å². The van der Waals surface area contributed by atoms with E-state index >= 15 is 0 Å². The second kappa shape index (κ2) is 8.07. The highest BCUT2D eigenvalue weighted by Gasteiger charge is 2.30. The van der Waals surface area contributed by atoms with E-state index in [1.54, 1.807) is 38.4 Å². The first-order valence-electron chi connectivity index (χ1n) is 8.98. The Labute approximate surface area is 175 Å². The molecule has 158 valence electrons. The molecular weight excluding hydrogens is 412 g/mol. The van der Waals surface area contributed by atoms with Gasteiger partial charge >= 0.3 is 11.4 Å². The summed E-state index contributed by atoms with van der Waals surface area (Å²) in [7, 11) is 5.79. The molecule has 0 aliphatic heterocycles. The van der Waals surface area contributed by atoms with Crippen molar-refractivity contribution >= 4 is 23.2 Å². The summed E-state index contributed by atoms with van der Waals surface area (Å²) in [5.41, 5.74) is -1.53. The van der Waals surface area contributed by atoms with Crippen LogP contribution in [0.4, 0.5) is 11.6 Å². The predicted octanol–water partition coefficient (Wildman–Crippen LogP) is 0.378. The zero-order valence-corrected chi connectivity index (χ0v) is 17.5. The van der Waals surface area contributed by atoms with E-state index in [0.29, 0.717) is 10.6 Å². The van der Waals surface area contributed by atoms with Crippen LogP contribution in [-0.2, 0) is 14.1 Å². The molecule has 0 radical (unpaired) electrons. The quantitative estimate of drug-likeness (QED) is 0.460. The maximum Gasteiger partial charge on any atom is 0.329 e. The van der Waals surface area contributed by atoms with E-state index < -0.39 is 28.4 Å². The molecule has 0 aliphatic rings. The molecule has 0 aliphatic carbocycles. The minimum Gasteiger partial charge on any atom is -0.374 e. The molecule has 0 unspecified atom stereocenters. The van der Waals surface area contributed by atoms with Crippen LogP contribution >= 0.6 is 11.6 Å². The number of benzene rings is 1. The van der Waals surface area contributed by atoms with Crippen LogP contribution in [0.25, 0.3) is 0 Å². The predicted molar refractivity (Wildman–Crippen MR) is 116 cm³/mol. The van der Waals surface area contributed by atoms with Crippen LogP contribution in [0.3, 0.4) is 0 Å². The van der Waals surface area contributed by atoms with Gasteiger partial charge in [-0.05, 0) is 17.7 Å². The molecule has 0 saturated heterocycles. The zero-order valence-electron chi connectivity index (χ0n) is 16.8. The van der Waals surface area contributed by atoms with Crippen molar-refractivity contribution in [2.24, 2.45) is 14.1 Å². The molecule has 3 rings (SSSR count). The van der Waals surface area contributed by atoms with Crippen molar-refractivity contribution in [2.45, 2.75) is 5.92 Å². The monoisotopic (exact) mass is 432 g/mol. The van der Waals surface area contributed by atoms with Crippen LogP contribution in [0.5, 0.6) is 0 Å². The van der Waals surface area contributed by atoms with Crippen LogP contribution in [-0.4, -0.2) is 33.2 Å². The van der Waals surface area contributed by atoms with Crippen molar-refractivity contribution in [1.82, 2.24) is 19.1 Å². The molecule has 0 atom stereocenters. The summed E-state index contributed by atoms with van der Waals surface area (Å²) in [6, 6.07) is 6.63. The lowest BCUT2D eigenvalue weighted by atomic mass is 9.86. The van der Waals surface area contributed by atoms with Crippen molar-refractivity contribution in [1.29, 1.82) is 0 Å².